The van der Waals surface area contributed by atoms with E-state index >= 15 is 0 Å². The zero-order valence-corrected chi connectivity index (χ0v) is 11.1. The Morgan fingerprint density at radius 2 is 1.22 bits per heavy atom. The molecule has 102 valence electrons. The first kappa shape index (κ1) is 13.7. The number of carbonyl (C=O) groups excluding carboxylic acids is 2. The lowest BCUT2D eigenvalue weighted by Crippen LogP contribution is -2.64. The lowest BCUT2D eigenvalue weighted by molar-refractivity contribution is -0.142. The molecule has 18 heavy (non-hydrogen) atoms. The van der Waals surface area contributed by atoms with Crippen LogP contribution in [-0.2, 0) is 9.59 Å². The molecule has 0 N–H and O–H groups in total. The highest BCUT2D eigenvalue weighted by Crippen LogP contribution is 2.28. The summed E-state index contributed by atoms with van der Waals surface area (Å²) in [6.07, 6.45) is 9.31. The van der Waals surface area contributed by atoms with E-state index in [-0.39, 0.29) is 0 Å². The second-order valence-corrected chi connectivity index (χ2v) is 5.46. The van der Waals surface area contributed by atoms with E-state index < -0.39 is 5.66 Å². The number of likely N-dealkylation sites (tertiary alicyclic amines) is 2. The normalized spacial score (nSPS) is 23.8. The monoisotopic (exact) mass is 252 g/mol. The Morgan fingerprint density at radius 1 is 0.778 bits per heavy atom. The fourth-order valence-corrected chi connectivity index (χ4v) is 3.34. The summed E-state index contributed by atoms with van der Waals surface area (Å²) in [5.41, 5.74) is -0.650. The number of nitrogens with zero attached hydrogens (tertiary/aromatic N) is 2. The summed E-state index contributed by atoms with van der Waals surface area (Å²) in [6, 6.07) is 0. The molecule has 0 aromatic carbocycles. The van der Waals surface area contributed by atoms with Gasteiger partial charge in [0.05, 0.1) is 0 Å². The molecular formula is C14H24N2O2. The maximum Gasteiger partial charge on any atom is 0.155 e. The lowest BCUT2D eigenvalue weighted by atomic mass is 9.96. The van der Waals surface area contributed by atoms with Gasteiger partial charge in [-0.05, 0) is 25.7 Å². The lowest BCUT2D eigenvalue weighted by Gasteiger charge is -2.49. The first-order valence-corrected chi connectivity index (χ1v) is 7.23. The molecule has 0 atom stereocenters. The summed E-state index contributed by atoms with van der Waals surface area (Å²) >= 11 is 0. The van der Waals surface area contributed by atoms with Crippen LogP contribution in [0.2, 0.25) is 0 Å². The average Bonchev–Trinajstić information content (AvgIpc) is 2.47. The molecule has 0 radical (unpaired) electrons. The van der Waals surface area contributed by atoms with Gasteiger partial charge in [-0.1, -0.05) is 12.8 Å². The molecule has 0 bridgehead atoms. The highest BCUT2D eigenvalue weighted by molar-refractivity contribution is 5.70. The van der Waals surface area contributed by atoms with Crippen LogP contribution in [-0.4, -0.2) is 54.2 Å². The van der Waals surface area contributed by atoms with Crippen molar-refractivity contribution in [3.05, 3.63) is 0 Å². The maximum absolute atomic E-state index is 11.8. The van der Waals surface area contributed by atoms with Crippen LogP contribution in [0.3, 0.4) is 0 Å². The summed E-state index contributed by atoms with van der Waals surface area (Å²) < 4.78 is 0. The Morgan fingerprint density at radius 3 is 1.56 bits per heavy atom. The van der Waals surface area contributed by atoms with E-state index in [2.05, 4.69) is 9.80 Å². The molecule has 2 fully saturated rings. The van der Waals surface area contributed by atoms with Crippen molar-refractivity contribution in [1.29, 1.82) is 0 Å². The fraction of sp³-hybridized carbons (Fsp3) is 0.857. The molecule has 0 unspecified atom stereocenters. The molecule has 0 aromatic heterocycles. The van der Waals surface area contributed by atoms with Crippen LogP contribution in [0, 0.1) is 0 Å². The van der Waals surface area contributed by atoms with E-state index in [1.165, 1.54) is 12.8 Å². The minimum atomic E-state index is -0.650. The van der Waals surface area contributed by atoms with Crippen LogP contribution >= 0.6 is 0 Å². The molecule has 2 saturated heterocycles. The average molecular weight is 252 g/mol. The van der Waals surface area contributed by atoms with Crippen molar-refractivity contribution in [2.75, 3.05) is 26.2 Å². The van der Waals surface area contributed by atoms with Crippen LogP contribution in [0.15, 0.2) is 0 Å². The SMILES string of the molecule is O=CCC(C=O)(N1CCCCC1)N1CCCCC1. The molecule has 2 rings (SSSR count). The Kier molecular flexibility index (Phi) is 4.89. The Hall–Kier alpha value is -0.740. The number of aldehydes is 2. The molecule has 2 aliphatic rings. The summed E-state index contributed by atoms with van der Waals surface area (Å²) in [7, 11) is 0. The van der Waals surface area contributed by atoms with Crippen LogP contribution < -0.4 is 0 Å². The zero-order valence-electron chi connectivity index (χ0n) is 11.1. The van der Waals surface area contributed by atoms with Crippen molar-refractivity contribution in [2.24, 2.45) is 0 Å². The van der Waals surface area contributed by atoms with Crippen molar-refractivity contribution in [2.45, 2.75) is 50.6 Å². The first-order chi connectivity index (χ1) is 8.83. The molecule has 4 nitrogen and oxygen atoms in total. The first-order valence-electron chi connectivity index (χ1n) is 7.23. The van der Waals surface area contributed by atoms with Crippen LogP contribution in [0.25, 0.3) is 0 Å². The minimum absolute atomic E-state index is 0.316. The van der Waals surface area contributed by atoms with E-state index in [9.17, 15) is 9.59 Å². The van der Waals surface area contributed by atoms with Gasteiger partial charge in [0.25, 0.3) is 0 Å². The van der Waals surface area contributed by atoms with Crippen molar-refractivity contribution in [3.8, 4) is 0 Å². The number of carbonyl (C=O) groups is 2. The Bertz CT molecular complexity index is 264. The van der Waals surface area contributed by atoms with Crippen molar-refractivity contribution < 1.29 is 9.59 Å². The Labute approximate surface area is 109 Å². The van der Waals surface area contributed by atoms with Gasteiger partial charge in [-0.2, -0.15) is 0 Å². The maximum atomic E-state index is 11.8. The molecule has 2 aliphatic heterocycles. The quantitative estimate of drug-likeness (QED) is 0.694. The number of piperidine rings is 2. The van der Waals surface area contributed by atoms with Crippen LogP contribution in [0.4, 0.5) is 0 Å². The molecule has 0 saturated carbocycles. The number of hydrogen-bond acceptors (Lipinski definition) is 4. The molecule has 4 heteroatoms. The largest absolute Gasteiger partial charge is 0.303 e. The molecule has 0 amide bonds. The van der Waals surface area contributed by atoms with Crippen LogP contribution in [0.5, 0.6) is 0 Å². The molecular weight excluding hydrogens is 228 g/mol. The van der Waals surface area contributed by atoms with Crippen molar-refractivity contribution in [3.63, 3.8) is 0 Å². The minimum Gasteiger partial charge on any atom is -0.303 e. The topological polar surface area (TPSA) is 40.6 Å². The summed E-state index contributed by atoms with van der Waals surface area (Å²) in [4.78, 5) is 27.3. The van der Waals surface area contributed by atoms with Crippen molar-refractivity contribution >= 4 is 12.6 Å². The Balaban J connectivity index is 2.18. The molecule has 0 aliphatic carbocycles. The predicted octanol–water partition coefficient (Wildman–Crippen LogP) is 1.44. The number of rotatable bonds is 5. The zero-order chi connectivity index (χ0) is 12.8. The van der Waals surface area contributed by atoms with Gasteiger partial charge in [-0.15, -0.1) is 0 Å². The van der Waals surface area contributed by atoms with Crippen molar-refractivity contribution in [1.82, 2.24) is 9.80 Å². The standard InChI is InChI=1S/C14H24N2O2/c17-12-7-14(13-18,15-8-3-1-4-9-15)16-10-5-2-6-11-16/h12-13H,1-11H2. The van der Waals surface area contributed by atoms with Gasteiger partial charge in [0, 0.05) is 32.6 Å². The van der Waals surface area contributed by atoms with E-state index in [1.54, 1.807) is 0 Å². The van der Waals surface area contributed by atoms with E-state index in [4.69, 9.17) is 0 Å². The van der Waals surface area contributed by atoms with Gasteiger partial charge in [0.15, 0.2) is 6.29 Å². The second kappa shape index (κ2) is 6.43. The summed E-state index contributed by atoms with van der Waals surface area (Å²) in [5, 5.41) is 0. The van der Waals surface area contributed by atoms with Gasteiger partial charge in [-0.3, -0.25) is 14.6 Å². The van der Waals surface area contributed by atoms with Crippen LogP contribution in [0.1, 0.15) is 44.9 Å². The highest BCUT2D eigenvalue weighted by Gasteiger charge is 2.42. The van der Waals surface area contributed by atoms with E-state index in [0.29, 0.717) is 6.42 Å². The third-order valence-corrected chi connectivity index (χ3v) is 4.38. The van der Waals surface area contributed by atoms with Gasteiger partial charge >= 0.3 is 0 Å². The summed E-state index contributed by atoms with van der Waals surface area (Å²) in [6.45, 7) is 3.79. The molecule has 2 heterocycles. The second-order valence-electron chi connectivity index (χ2n) is 5.46. The smallest absolute Gasteiger partial charge is 0.155 e. The predicted molar refractivity (Wildman–Crippen MR) is 70.3 cm³/mol. The van der Waals surface area contributed by atoms with Gasteiger partial charge in [0.1, 0.15) is 11.9 Å². The van der Waals surface area contributed by atoms with E-state index in [1.807, 2.05) is 0 Å². The van der Waals surface area contributed by atoms with Gasteiger partial charge in [-0.25, -0.2) is 0 Å². The van der Waals surface area contributed by atoms with Gasteiger partial charge in [0.2, 0.25) is 0 Å². The number of hydrogen-bond donors (Lipinski definition) is 0. The third-order valence-electron chi connectivity index (χ3n) is 4.38. The van der Waals surface area contributed by atoms with E-state index in [0.717, 1.165) is 64.4 Å². The summed E-state index contributed by atoms with van der Waals surface area (Å²) in [5.74, 6) is 0. The molecule has 0 spiro atoms. The fourth-order valence-electron chi connectivity index (χ4n) is 3.34. The highest BCUT2D eigenvalue weighted by atomic mass is 16.1. The molecule has 0 aromatic rings. The third kappa shape index (κ3) is 2.64. The van der Waals surface area contributed by atoms with Gasteiger partial charge < -0.3 is 4.79 Å².